The molecule has 0 aliphatic carbocycles. The molecule has 0 saturated carbocycles. The van der Waals surface area contributed by atoms with E-state index in [4.69, 9.17) is 104 Å². The summed E-state index contributed by atoms with van der Waals surface area (Å²) in [5.41, 5.74) is 19.9. The Morgan fingerprint density at radius 1 is 0.776 bits per heavy atom. The fourth-order valence-electron chi connectivity index (χ4n) is 7.60. The molecule has 0 amide bonds. The second-order valence-corrected chi connectivity index (χ2v) is 34.7. The molecule has 4 aromatic rings. The molecule has 0 spiro atoms. The highest BCUT2D eigenvalue weighted by Crippen LogP contribution is 2.71. The maximum absolute atomic E-state index is 13.2. The first-order valence-electron chi connectivity index (χ1n) is 29.8. The molecule has 1 fully saturated rings. The van der Waals surface area contributed by atoms with Crippen LogP contribution in [-0.4, -0.2) is 98.7 Å². The Balaban J connectivity index is -0.000000341. The summed E-state index contributed by atoms with van der Waals surface area (Å²) < 4.78 is 147. The number of hydrogen-bond donors (Lipinski definition) is 5. The van der Waals surface area contributed by atoms with Gasteiger partial charge >= 0.3 is 30.2 Å². The molecule has 0 aromatic heterocycles. The molecule has 19 nitrogen and oxygen atoms in total. The topological polar surface area (TPSA) is 277 Å². The number of guanidine groups is 1. The number of nitrogens with one attached hydrogen (secondary N) is 1. The van der Waals surface area contributed by atoms with Crippen LogP contribution in [0.4, 0.5) is 0 Å². The molecule has 2 aliphatic rings. The molecule has 2 heterocycles. The van der Waals surface area contributed by atoms with E-state index in [0.29, 0.717) is 29.3 Å². The molecule has 486 valence electrons. The zero-order valence-electron chi connectivity index (χ0n) is 60.0. The zero-order valence-corrected chi connectivity index (χ0v) is 63.9. The Morgan fingerprint density at radius 3 is 1.40 bits per heavy atom. The van der Waals surface area contributed by atoms with Crippen molar-refractivity contribution in [1.82, 2.24) is 14.7 Å². The van der Waals surface area contributed by atoms with Gasteiger partial charge in [-0.3, -0.25) is 27.6 Å². The minimum Gasteiger partial charge on any atom is -0.400 e. The Morgan fingerprint density at radius 2 is 1.09 bits per heavy atom. The summed E-state index contributed by atoms with van der Waals surface area (Å²) in [6.45, 7) is 14.4. The minimum atomic E-state index is -3.43. The summed E-state index contributed by atoms with van der Waals surface area (Å²) in [5, 5.41) is 18.6. The Kier molecular flexibility index (Phi) is 36.1. The van der Waals surface area contributed by atoms with Crippen molar-refractivity contribution in [2.45, 2.75) is 98.3 Å². The van der Waals surface area contributed by atoms with Crippen LogP contribution in [0, 0.1) is 10.7 Å². The predicted molar refractivity (Wildman–Crippen MR) is 382 cm³/mol. The van der Waals surface area contributed by atoms with E-state index in [1.54, 1.807) is 54.4 Å². The molecule has 1 saturated heterocycles. The summed E-state index contributed by atoms with van der Waals surface area (Å²) in [4.78, 5) is 4.41. The van der Waals surface area contributed by atoms with Gasteiger partial charge in [0.1, 0.15) is 10.7 Å². The summed E-state index contributed by atoms with van der Waals surface area (Å²) in [6, 6.07) is 29.7. The molecule has 6 atom stereocenters. The number of hydrogen-bond acceptors (Lipinski definition) is 19. The number of nitrogens with zero attached hydrogens (tertiary/aromatic N) is 4. The average Bonchev–Trinajstić information content (AvgIpc) is 1.62. The van der Waals surface area contributed by atoms with E-state index < -0.39 is 65.2 Å². The summed E-state index contributed by atoms with van der Waals surface area (Å²) in [5.74, 6) is 0.262. The number of nitrogens with two attached hydrogens (primary N) is 3. The SMILES string of the molecule is CCN.CCN1C(=S)NC(C)(c2ccc(Br)cc2)P1(=O)OC.CCN1C(N)=NC(C)(c2ccc(Br)cc2)P1(=O)OC.CO.COP(=O)(OC)C(C)(N)c1ccc(Br)cc1.COP(=O)(OC)C(C)(SC#N)c1ccc(Br)cc1.S=C(Cl)Cl.[3H]C.[3H]C([3H])([3H])[3H].[3H]C([3H])[3H].[3H]C[3H]. The first-order chi connectivity index (χ1) is 43.9. The van der Waals surface area contributed by atoms with Gasteiger partial charge in [-0.15, -0.1) is 0 Å². The van der Waals surface area contributed by atoms with Crippen molar-refractivity contribution in [1.29, 1.82) is 5.26 Å². The number of halogens is 6. The van der Waals surface area contributed by atoms with Gasteiger partial charge in [-0.2, -0.15) is 5.26 Å². The molecule has 85 heavy (non-hydrogen) atoms. The Bertz CT molecular complexity index is 3100. The minimum absolute atomic E-state index is 0.0556. The van der Waals surface area contributed by atoms with Crippen molar-refractivity contribution in [2.75, 3.05) is 69.4 Å². The molecule has 6 unspecified atom stereocenters. The molecular formula is C53H88Br4Cl2N8O11P4S3. The van der Waals surface area contributed by atoms with E-state index in [9.17, 15) is 18.3 Å². The van der Waals surface area contributed by atoms with Crippen LogP contribution in [0.3, 0.4) is 0 Å². The van der Waals surface area contributed by atoms with Gasteiger partial charge in [0.2, 0.25) is 0 Å². The van der Waals surface area contributed by atoms with Gasteiger partial charge in [-0.25, -0.2) is 4.99 Å². The van der Waals surface area contributed by atoms with Crippen molar-refractivity contribution in [3.63, 3.8) is 0 Å². The van der Waals surface area contributed by atoms with Gasteiger partial charge in [0, 0.05) is 94.5 Å². The highest BCUT2D eigenvalue weighted by molar-refractivity contribution is 9.11. The number of thiocarbonyl (C=S) groups is 2. The van der Waals surface area contributed by atoms with Crippen LogP contribution in [-0.2, 0) is 65.7 Å². The van der Waals surface area contributed by atoms with E-state index >= 15 is 0 Å². The number of aliphatic imine (C=N–C) groups is 1. The second kappa shape index (κ2) is 42.1. The molecule has 8 N–H and O–H groups in total. The molecule has 32 heteroatoms. The standard InChI is InChI=1S/C12H17BrN3O2P.C12H16BrN2O2PS.C11H13BrNO3PS.C10H15BrNO3P.C2H7N.CCl2S.CH4O.4CH4/c1-4-16-11(14)15-12(2,19(16,17)18-3)9-5-7-10(13)8-6-9;1-4-15-11(19)14-12(2,18(15,16)17-3)9-5-7-10(13)8-6-9;1-11(18-8-13,17(14,15-2)16-3)9-4-6-10(12)7-5-9;1-10(12,16(13,14-2)15-3)8-4-6-9(11)7-5-8;1-2-3;2-1(3)4;1-2;;;;/h5-8H,4H2,1-3H3,(H2,14,15);5-8H,4H2,1-3H3,(H,14,19);4-7H,1-3H3;4-7H,12H2,1-3H3;2-3H2,1H3;;2H,1H3;4*1H4/i;;;;;;;1T4;1T3;1T2;1T. The first-order valence-corrected chi connectivity index (χ1v) is 35.4. The van der Waals surface area contributed by atoms with Gasteiger partial charge < -0.3 is 54.8 Å². The summed E-state index contributed by atoms with van der Waals surface area (Å²) in [7, 11) is -6.80. The molecule has 4 aromatic carbocycles. The van der Waals surface area contributed by atoms with Gasteiger partial charge in [-0.1, -0.05) is 184 Å². The zero-order chi connectivity index (χ0) is 75.8. The van der Waals surface area contributed by atoms with Crippen molar-refractivity contribution < 1.29 is 64.2 Å². The molecule has 0 radical (unpaired) electrons. The Hall–Kier alpha value is -1.17. The lowest BCUT2D eigenvalue weighted by atomic mass is 10.1. The van der Waals surface area contributed by atoms with Crippen LogP contribution < -0.4 is 22.5 Å². The number of benzene rings is 4. The highest BCUT2D eigenvalue weighted by atomic mass is 79.9. The van der Waals surface area contributed by atoms with Crippen LogP contribution in [0.1, 0.15) is 114 Å². The average molecular weight is 1640 g/mol. The number of rotatable bonds is 15. The van der Waals surface area contributed by atoms with Crippen molar-refractivity contribution in [3.05, 3.63) is 137 Å². The molecule has 2 aliphatic heterocycles. The van der Waals surface area contributed by atoms with Gasteiger partial charge in [0.25, 0.3) is 0 Å². The lowest BCUT2D eigenvalue weighted by Crippen LogP contribution is -2.35. The first kappa shape index (κ1) is 72.9. The number of aliphatic hydroxyl groups excluding tert-OH is 1. The van der Waals surface area contributed by atoms with Gasteiger partial charge in [0.15, 0.2) is 29.9 Å². The third kappa shape index (κ3) is 22.6. The maximum atomic E-state index is 13.2. The van der Waals surface area contributed by atoms with E-state index in [-0.39, 0.29) is 17.1 Å². The molecular weight excluding hydrogens is 1540 g/mol. The van der Waals surface area contributed by atoms with E-state index in [0.717, 1.165) is 54.4 Å². The van der Waals surface area contributed by atoms with Gasteiger partial charge in [0.05, 0.1) is 0 Å². The normalized spacial score (nSPS) is 21.9. The number of nitriles is 1. The van der Waals surface area contributed by atoms with Gasteiger partial charge in [-0.05, 0) is 143 Å². The van der Waals surface area contributed by atoms with Crippen molar-refractivity contribution in [3.8, 4) is 5.40 Å². The monoisotopic (exact) mass is 1640 g/mol. The summed E-state index contributed by atoms with van der Waals surface area (Å²) >= 11 is 33.2. The highest BCUT2D eigenvalue weighted by Gasteiger charge is 2.58. The lowest BCUT2D eigenvalue weighted by Gasteiger charge is -2.32. The van der Waals surface area contributed by atoms with Crippen molar-refractivity contribution in [2.24, 2.45) is 22.2 Å². The smallest absolute Gasteiger partial charge is 0.354 e. The van der Waals surface area contributed by atoms with Crippen LogP contribution in [0.15, 0.2) is 120 Å². The number of thiocyanates is 1. The van der Waals surface area contributed by atoms with E-state index in [1.807, 2.05) is 106 Å². The molecule has 6 rings (SSSR count). The second-order valence-electron chi connectivity index (χ2n) is 16.5. The van der Waals surface area contributed by atoms with Crippen LogP contribution in [0.2, 0.25) is 0 Å². The van der Waals surface area contributed by atoms with Crippen molar-refractivity contribution >= 4 is 168 Å². The van der Waals surface area contributed by atoms with E-state index in [2.05, 4.69) is 86.2 Å². The number of thioether (sulfide) groups is 1. The van der Waals surface area contributed by atoms with Crippen LogP contribution in [0.5, 0.6) is 0 Å². The fourth-order valence-corrected chi connectivity index (χ4v) is 18.4. The fraction of sp³-hybridized carbons (Fsp3) is 0.472. The van der Waals surface area contributed by atoms with Crippen LogP contribution in [0.25, 0.3) is 0 Å². The third-order valence-corrected chi connectivity index (χ3v) is 27.0. The van der Waals surface area contributed by atoms with Crippen LogP contribution >= 0.6 is 153 Å². The summed E-state index contributed by atoms with van der Waals surface area (Å²) in [6.07, 6.45) is 0. The Labute approximate surface area is 580 Å². The van der Waals surface area contributed by atoms with E-state index in [1.165, 1.54) is 50.1 Å². The predicted octanol–water partition coefficient (Wildman–Crippen LogP) is 18.0. The quantitative estimate of drug-likeness (QED) is 0.0320. The lowest BCUT2D eigenvalue weighted by molar-refractivity contribution is 0.249. The maximum Gasteiger partial charge on any atom is 0.354 e. The number of aliphatic hydroxyl groups is 1. The largest absolute Gasteiger partial charge is 0.400 e. The third-order valence-electron chi connectivity index (χ3n) is 11.9. The molecule has 0 bridgehead atoms.